The predicted molar refractivity (Wildman–Crippen MR) is 91.9 cm³/mol. The Balaban J connectivity index is 2.00. The summed E-state index contributed by atoms with van der Waals surface area (Å²) in [7, 11) is 0. The molecule has 0 N–H and O–H groups in total. The van der Waals surface area contributed by atoms with Crippen LogP contribution in [0.4, 0.5) is 26.3 Å². The lowest BCUT2D eigenvalue weighted by atomic mass is 10.1. The number of ketones is 1. The van der Waals surface area contributed by atoms with Crippen LogP contribution >= 0.6 is 0 Å². The van der Waals surface area contributed by atoms with Gasteiger partial charge in [-0.2, -0.15) is 26.3 Å². The molecule has 0 fully saturated rings. The molecule has 0 aromatic heterocycles. The van der Waals surface area contributed by atoms with Crippen molar-refractivity contribution in [3.05, 3.63) is 89.5 Å². The fourth-order valence-corrected chi connectivity index (χ4v) is 2.02. The molecule has 2 nitrogen and oxygen atoms in total. The van der Waals surface area contributed by atoms with Crippen LogP contribution in [-0.2, 0) is 11.0 Å². The molecule has 8 heteroatoms. The number of rotatable bonds is 6. The second kappa shape index (κ2) is 9.07. The number of hydrogen-bond acceptors (Lipinski definition) is 2. The molecule has 0 heterocycles. The molecule has 0 radical (unpaired) electrons. The van der Waals surface area contributed by atoms with Crippen LogP contribution in [0.1, 0.15) is 16.7 Å². The zero-order chi connectivity index (χ0) is 20.7. The van der Waals surface area contributed by atoms with Crippen molar-refractivity contribution < 1.29 is 35.9 Å². The first-order valence-electron chi connectivity index (χ1n) is 7.71. The van der Waals surface area contributed by atoms with E-state index in [4.69, 9.17) is 0 Å². The van der Waals surface area contributed by atoms with Gasteiger partial charge in [0.15, 0.2) is 5.78 Å². The van der Waals surface area contributed by atoms with Gasteiger partial charge in [-0.3, -0.25) is 4.79 Å². The first kappa shape index (κ1) is 21.0. The Kier molecular flexibility index (Phi) is 6.81. The van der Waals surface area contributed by atoms with Gasteiger partial charge in [0, 0.05) is 0 Å². The summed E-state index contributed by atoms with van der Waals surface area (Å²) in [5.41, 5.74) is -0.106. The fourth-order valence-electron chi connectivity index (χ4n) is 2.02. The van der Waals surface area contributed by atoms with Crippen LogP contribution < -0.4 is 4.74 Å². The minimum absolute atomic E-state index is 0.154. The average molecular weight is 398 g/mol. The molecule has 28 heavy (non-hydrogen) atoms. The standard InChI is InChI=1S/C20H12F6O2/c21-18(22)19(23)28-17-10-6-13(7-11-17)4-8-16(27)9-5-14-2-1-3-15(12-14)20(24,25)26/h1-12H. The Morgan fingerprint density at radius 2 is 1.46 bits per heavy atom. The normalized spacial score (nSPS) is 11.8. The van der Waals surface area contributed by atoms with Crippen LogP contribution in [0.3, 0.4) is 0 Å². The van der Waals surface area contributed by atoms with Crippen LogP contribution in [0.15, 0.2) is 72.8 Å². The highest BCUT2D eigenvalue weighted by atomic mass is 19.4. The number of benzene rings is 2. The van der Waals surface area contributed by atoms with Crippen molar-refractivity contribution in [2.75, 3.05) is 0 Å². The van der Waals surface area contributed by atoms with Crippen LogP contribution in [0, 0.1) is 0 Å². The molecular weight excluding hydrogens is 386 g/mol. The topological polar surface area (TPSA) is 26.3 Å². The highest BCUT2D eigenvalue weighted by Crippen LogP contribution is 2.29. The number of ether oxygens (including phenoxy) is 1. The van der Waals surface area contributed by atoms with Gasteiger partial charge in [-0.1, -0.05) is 36.4 Å². The van der Waals surface area contributed by atoms with Crippen molar-refractivity contribution in [2.24, 2.45) is 0 Å². The fraction of sp³-hybridized carbons (Fsp3) is 0.0500. The van der Waals surface area contributed by atoms with Gasteiger partial charge in [-0.25, -0.2) is 0 Å². The molecule has 146 valence electrons. The number of halogens is 6. The van der Waals surface area contributed by atoms with E-state index in [1.807, 2.05) is 0 Å². The summed E-state index contributed by atoms with van der Waals surface area (Å²) in [4.78, 5) is 11.8. The second-order valence-corrected chi connectivity index (χ2v) is 5.40. The largest absolute Gasteiger partial charge is 0.428 e. The van der Waals surface area contributed by atoms with Crippen molar-refractivity contribution in [1.29, 1.82) is 0 Å². The summed E-state index contributed by atoms with van der Waals surface area (Å²) >= 11 is 0. The quantitative estimate of drug-likeness (QED) is 0.319. The van der Waals surface area contributed by atoms with Gasteiger partial charge >= 0.3 is 18.3 Å². The molecule has 0 aliphatic heterocycles. The van der Waals surface area contributed by atoms with Gasteiger partial charge in [0.1, 0.15) is 5.75 Å². The summed E-state index contributed by atoms with van der Waals surface area (Å²) in [5, 5.41) is 0. The van der Waals surface area contributed by atoms with Gasteiger partial charge < -0.3 is 4.74 Å². The molecule has 2 aromatic rings. The smallest absolute Gasteiger partial charge is 0.416 e. The summed E-state index contributed by atoms with van der Waals surface area (Å²) in [5.74, 6) is -0.635. The molecule has 0 aliphatic carbocycles. The van der Waals surface area contributed by atoms with Crippen LogP contribution in [0.25, 0.3) is 12.2 Å². The monoisotopic (exact) mass is 398 g/mol. The van der Waals surface area contributed by atoms with Gasteiger partial charge in [-0.05, 0) is 47.5 Å². The van der Waals surface area contributed by atoms with Gasteiger partial charge in [0.2, 0.25) is 0 Å². The van der Waals surface area contributed by atoms with Crippen molar-refractivity contribution >= 4 is 17.9 Å². The van der Waals surface area contributed by atoms with Crippen LogP contribution in [0.5, 0.6) is 5.75 Å². The number of hydrogen-bond donors (Lipinski definition) is 0. The van der Waals surface area contributed by atoms with E-state index in [0.29, 0.717) is 5.56 Å². The van der Waals surface area contributed by atoms with E-state index in [-0.39, 0.29) is 11.3 Å². The number of alkyl halides is 3. The molecule has 0 aliphatic rings. The van der Waals surface area contributed by atoms with Crippen molar-refractivity contribution in [1.82, 2.24) is 0 Å². The van der Waals surface area contributed by atoms with E-state index in [1.54, 1.807) is 0 Å². The zero-order valence-electron chi connectivity index (χ0n) is 14.0. The van der Waals surface area contributed by atoms with E-state index >= 15 is 0 Å². The highest BCUT2D eigenvalue weighted by molar-refractivity contribution is 6.04. The maximum Gasteiger partial charge on any atom is 0.416 e. The Bertz CT molecular complexity index is 920. The summed E-state index contributed by atoms with van der Waals surface area (Å²) < 4.78 is 78.7. The maximum absolute atomic E-state index is 12.7. The third kappa shape index (κ3) is 6.46. The molecule has 0 bridgehead atoms. The zero-order valence-corrected chi connectivity index (χ0v) is 14.0. The maximum atomic E-state index is 12.7. The number of carbonyl (C=O) groups is 1. The first-order valence-corrected chi connectivity index (χ1v) is 7.71. The van der Waals surface area contributed by atoms with Gasteiger partial charge in [0.25, 0.3) is 0 Å². The van der Waals surface area contributed by atoms with E-state index < -0.39 is 29.6 Å². The van der Waals surface area contributed by atoms with E-state index in [0.717, 1.165) is 18.2 Å². The lowest BCUT2D eigenvalue weighted by molar-refractivity contribution is -0.137. The summed E-state index contributed by atoms with van der Waals surface area (Å²) in [6.07, 6.45) is -2.14. The van der Waals surface area contributed by atoms with Gasteiger partial charge in [0.05, 0.1) is 5.56 Å². The number of allylic oxidation sites excluding steroid dienone is 2. The third-order valence-corrected chi connectivity index (χ3v) is 3.33. The van der Waals surface area contributed by atoms with Crippen molar-refractivity contribution in [2.45, 2.75) is 6.18 Å². The molecule has 2 rings (SSSR count). The second-order valence-electron chi connectivity index (χ2n) is 5.40. The van der Waals surface area contributed by atoms with Crippen molar-refractivity contribution in [3.8, 4) is 5.75 Å². The highest BCUT2D eigenvalue weighted by Gasteiger charge is 2.30. The Morgan fingerprint density at radius 3 is 2.04 bits per heavy atom. The molecular formula is C20H12F6O2. The molecule has 0 amide bonds. The van der Waals surface area contributed by atoms with Crippen LogP contribution in [-0.4, -0.2) is 5.78 Å². The predicted octanol–water partition coefficient (Wildman–Crippen LogP) is 6.42. The molecule has 0 atom stereocenters. The summed E-state index contributed by atoms with van der Waals surface area (Å²) in [6, 6.07) is 7.76. The molecule has 0 saturated heterocycles. The van der Waals surface area contributed by atoms with E-state index in [2.05, 4.69) is 4.74 Å². The molecule has 2 aromatic carbocycles. The van der Waals surface area contributed by atoms with E-state index in [1.165, 1.54) is 54.6 Å². The third-order valence-electron chi connectivity index (χ3n) is 3.33. The van der Waals surface area contributed by atoms with Crippen LogP contribution in [0.2, 0.25) is 0 Å². The SMILES string of the molecule is O=C(C=Cc1ccc(OC(F)=C(F)F)cc1)C=Cc1cccc(C(F)(F)F)c1. The first-order chi connectivity index (χ1) is 13.1. The Labute approximate surface area is 156 Å². The summed E-state index contributed by atoms with van der Waals surface area (Å²) in [6.45, 7) is 0. The molecule has 0 spiro atoms. The average Bonchev–Trinajstić information content (AvgIpc) is 2.65. The Morgan fingerprint density at radius 1 is 0.857 bits per heavy atom. The molecule has 0 saturated carbocycles. The number of carbonyl (C=O) groups excluding carboxylic acids is 1. The lowest BCUT2D eigenvalue weighted by Gasteiger charge is -2.06. The Hall–Kier alpha value is -3.29. The minimum Gasteiger partial charge on any atom is -0.428 e. The van der Waals surface area contributed by atoms with Crippen molar-refractivity contribution in [3.63, 3.8) is 0 Å². The lowest BCUT2D eigenvalue weighted by Crippen LogP contribution is -2.04. The minimum atomic E-state index is -4.47. The molecule has 0 unspecified atom stereocenters. The van der Waals surface area contributed by atoms with Gasteiger partial charge in [-0.15, -0.1) is 0 Å². The van der Waals surface area contributed by atoms with E-state index in [9.17, 15) is 31.1 Å².